The van der Waals surface area contributed by atoms with Crippen LogP contribution in [0.25, 0.3) is 11.0 Å². The van der Waals surface area contributed by atoms with Gasteiger partial charge in [0.25, 0.3) is 0 Å². The van der Waals surface area contributed by atoms with E-state index in [0.29, 0.717) is 11.1 Å². The van der Waals surface area contributed by atoms with E-state index in [2.05, 4.69) is 31.8 Å². The Bertz CT molecular complexity index is 978. The summed E-state index contributed by atoms with van der Waals surface area (Å²) in [4.78, 5) is 24.7. The first-order valence-corrected chi connectivity index (χ1v) is 9.78. The van der Waals surface area contributed by atoms with Gasteiger partial charge in [-0.15, -0.1) is 0 Å². The molecule has 2 aromatic heterocycles. The Labute approximate surface area is 170 Å². The molecule has 1 aromatic carbocycles. The quantitative estimate of drug-likeness (QED) is 0.669. The Balaban J connectivity index is 1.54. The fourth-order valence-corrected chi connectivity index (χ4v) is 3.73. The minimum Gasteiger partial charge on any atom is -0.363 e. The van der Waals surface area contributed by atoms with Gasteiger partial charge in [-0.3, -0.25) is 4.98 Å². The number of piperidine rings is 1. The van der Waals surface area contributed by atoms with Gasteiger partial charge in [-0.1, -0.05) is 11.6 Å². The highest BCUT2D eigenvalue weighted by Gasteiger charge is 2.25. The van der Waals surface area contributed by atoms with Crippen molar-refractivity contribution < 1.29 is 0 Å². The molecule has 0 spiro atoms. The van der Waals surface area contributed by atoms with Gasteiger partial charge >= 0.3 is 0 Å². The molecule has 1 aliphatic heterocycles. The summed E-state index contributed by atoms with van der Waals surface area (Å²) in [5.41, 5.74) is 1.68. The van der Waals surface area contributed by atoms with Crippen molar-refractivity contribution in [3.05, 3.63) is 41.8 Å². The standard InChI is InChI=1S/C20H24ClN7/c1-26(2)18-10-19(24-13-23-18)27(3)15-5-4-8-28(12-15)20-11-22-17-9-14(21)6-7-16(17)25-20/h6-7,9-11,13,15H,4-5,8,12H2,1-3H3. The van der Waals surface area contributed by atoms with Crippen LogP contribution in [0.2, 0.25) is 5.02 Å². The first kappa shape index (κ1) is 18.7. The summed E-state index contributed by atoms with van der Waals surface area (Å²) in [6, 6.07) is 8.00. The molecule has 3 aromatic rings. The Morgan fingerprint density at radius 3 is 2.68 bits per heavy atom. The maximum absolute atomic E-state index is 6.05. The summed E-state index contributed by atoms with van der Waals surface area (Å²) < 4.78 is 0. The van der Waals surface area contributed by atoms with Crippen molar-refractivity contribution in [3.63, 3.8) is 0 Å². The number of hydrogen-bond donors (Lipinski definition) is 0. The first-order valence-electron chi connectivity index (χ1n) is 9.41. The number of fused-ring (bicyclic) bond motifs is 1. The smallest absolute Gasteiger partial charge is 0.147 e. The second-order valence-electron chi connectivity index (χ2n) is 7.34. The number of rotatable bonds is 4. The normalized spacial score (nSPS) is 17.0. The zero-order valence-corrected chi connectivity index (χ0v) is 17.1. The molecule has 1 unspecified atom stereocenters. The van der Waals surface area contributed by atoms with Gasteiger partial charge in [0.05, 0.1) is 17.2 Å². The molecule has 4 rings (SSSR count). The van der Waals surface area contributed by atoms with Crippen molar-refractivity contribution in [2.75, 3.05) is 48.9 Å². The molecule has 1 saturated heterocycles. The predicted octanol–water partition coefficient (Wildman–Crippen LogP) is 3.24. The number of likely N-dealkylation sites (N-methyl/N-ethyl adjacent to an activating group) is 1. The Kier molecular flexibility index (Phi) is 5.17. The van der Waals surface area contributed by atoms with Gasteiger partial charge in [0, 0.05) is 51.4 Å². The van der Waals surface area contributed by atoms with Gasteiger partial charge < -0.3 is 14.7 Å². The van der Waals surface area contributed by atoms with Crippen molar-refractivity contribution in [1.82, 2.24) is 19.9 Å². The molecule has 8 heteroatoms. The number of hydrogen-bond acceptors (Lipinski definition) is 7. The molecule has 0 saturated carbocycles. The van der Waals surface area contributed by atoms with Crippen LogP contribution in [-0.2, 0) is 0 Å². The van der Waals surface area contributed by atoms with Crippen molar-refractivity contribution in [2.24, 2.45) is 0 Å². The number of halogens is 1. The lowest BCUT2D eigenvalue weighted by Crippen LogP contribution is -2.47. The van der Waals surface area contributed by atoms with E-state index in [1.807, 2.05) is 49.5 Å². The van der Waals surface area contributed by atoms with E-state index in [0.717, 1.165) is 54.4 Å². The van der Waals surface area contributed by atoms with Crippen LogP contribution >= 0.6 is 11.6 Å². The zero-order chi connectivity index (χ0) is 19.7. The lowest BCUT2D eigenvalue weighted by molar-refractivity contribution is 0.483. The predicted molar refractivity (Wildman–Crippen MR) is 115 cm³/mol. The lowest BCUT2D eigenvalue weighted by Gasteiger charge is -2.38. The van der Waals surface area contributed by atoms with Gasteiger partial charge in [0.15, 0.2) is 0 Å². The second-order valence-corrected chi connectivity index (χ2v) is 7.78. The van der Waals surface area contributed by atoms with Crippen LogP contribution in [0, 0.1) is 0 Å². The topological polar surface area (TPSA) is 61.3 Å². The van der Waals surface area contributed by atoms with E-state index in [-0.39, 0.29) is 0 Å². The van der Waals surface area contributed by atoms with Crippen molar-refractivity contribution in [2.45, 2.75) is 18.9 Å². The molecule has 1 fully saturated rings. The third-order valence-corrected chi connectivity index (χ3v) is 5.45. The van der Waals surface area contributed by atoms with Gasteiger partial charge in [0.1, 0.15) is 23.8 Å². The number of aromatic nitrogens is 4. The summed E-state index contributed by atoms with van der Waals surface area (Å²) in [5.74, 6) is 2.75. The molecular weight excluding hydrogens is 374 g/mol. The Morgan fingerprint density at radius 1 is 1.04 bits per heavy atom. The molecule has 3 heterocycles. The fraction of sp³-hybridized carbons (Fsp3) is 0.400. The molecule has 0 N–H and O–H groups in total. The number of anilines is 3. The largest absolute Gasteiger partial charge is 0.363 e. The lowest BCUT2D eigenvalue weighted by atomic mass is 10.0. The minimum atomic E-state index is 0.348. The molecule has 0 aliphatic carbocycles. The van der Waals surface area contributed by atoms with Crippen LogP contribution in [0.15, 0.2) is 36.8 Å². The number of nitrogens with zero attached hydrogens (tertiary/aromatic N) is 7. The molecule has 0 amide bonds. The van der Waals surface area contributed by atoms with E-state index in [9.17, 15) is 0 Å². The maximum Gasteiger partial charge on any atom is 0.147 e. The van der Waals surface area contributed by atoms with Crippen LogP contribution < -0.4 is 14.7 Å². The van der Waals surface area contributed by atoms with Crippen LogP contribution in [0.3, 0.4) is 0 Å². The highest BCUT2D eigenvalue weighted by molar-refractivity contribution is 6.31. The highest BCUT2D eigenvalue weighted by atomic mass is 35.5. The van der Waals surface area contributed by atoms with Crippen LogP contribution in [0.4, 0.5) is 17.5 Å². The van der Waals surface area contributed by atoms with E-state index in [1.165, 1.54) is 0 Å². The number of benzene rings is 1. The van der Waals surface area contributed by atoms with E-state index < -0.39 is 0 Å². The zero-order valence-electron chi connectivity index (χ0n) is 16.4. The van der Waals surface area contributed by atoms with Gasteiger partial charge in [0.2, 0.25) is 0 Å². The van der Waals surface area contributed by atoms with Gasteiger partial charge in [-0.2, -0.15) is 0 Å². The van der Waals surface area contributed by atoms with Crippen LogP contribution in [0.5, 0.6) is 0 Å². The molecular formula is C20H24ClN7. The molecule has 1 aliphatic rings. The summed E-state index contributed by atoms with van der Waals surface area (Å²) in [6.45, 7) is 1.86. The van der Waals surface area contributed by atoms with E-state index in [4.69, 9.17) is 16.6 Å². The molecule has 146 valence electrons. The SMILES string of the molecule is CN(C)c1cc(N(C)C2CCCN(c3cnc4cc(Cl)ccc4n3)C2)ncn1. The summed E-state index contributed by atoms with van der Waals surface area (Å²) >= 11 is 6.05. The maximum atomic E-state index is 6.05. The van der Waals surface area contributed by atoms with E-state index in [1.54, 1.807) is 6.33 Å². The molecule has 0 radical (unpaired) electrons. The third kappa shape index (κ3) is 3.80. The molecule has 0 bridgehead atoms. The molecule has 7 nitrogen and oxygen atoms in total. The fourth-order valence-electron chi connectivity index (χ4n) is 3.57. The molecule has 1 atom stereocenters. The average Bonchev–Trinajstić information content (AvgIpc) is 2.73. The van der Waals surface area contributed by atoms with Crippen molar-refractivity contribution in [3.8, 4) is 0 Å². The van der Waals surface area contributed by atoms with Crippen LogP contribution in [0.1, 0.15) is 12.8 Å². The van der Waals surface area contributed by atoms with Gasteiger partial charge in [-0.25, -0.2) is 15.0 Å². The van der Waals surface area contributed by atoms with Gasteiger partial charge in [-0.05, 0) is 31.0 Å². The second kappa shape index (κ2) is 7.75. The van der Waals surface area contributed by atoms with E-state index >= 15 is 0 Å². The first-order chi connectivity index (χ1) is 13.5. The average molecular weight is 398 g/mol. The third-order valence-electron chi connectivity index (χ3n) is 5.22. The summed E-state index contributed by atoms with van der Waals surface area (Å²) in [6.07, 6.45) is 5.68. The Morgan fingerprint density at radius 2 is 1.86 bits per heavy atom. The minimum absolute atomic E-state index is 0.348. The van der Waals surface area contributed by atoms with Crippen molar-refractivity contribution in [1.29, 1.82) is 0 Å². The Hall–Kier alpha value is -2.67. The monoisotopic (exact) mass is 397 g/mol. The summed E-state index contributed by atoms with van der Waals surface area (Å²) in [5, 5.41) is 0.677. The summed E-state index contributed by atoms with van der Waals surface area (Å²) in [7, 11) is 6.07. The molecule has 28 heavy (non-hydrogen) atoms. The van der Waals surface area contributed by atoms with Crippen molar-refractivity contribution >= 4 is 40.1 Å². The highest BCUT2D eigenvalue weighted by Crippen LogP contribution is 2.25. The van der Waals surface area contributed by atoms with Crippen LogP contribution in [-0.4, -0.2) is 60.2 Å².